The first kappa shape index (κ1) is 29.9. The van der Waals surface area contributed by atoms with Crippen molar-refractivity contribution in [3.63, 3.8) is 0 Å². The van der Waals surface area contributed by atoms with Crippen LogP contribution in [-0.2, 0) is 0 Å². The zero-order valence-electron chi connectivity index (χ0n) is 34.0. The molecule has 0 fully saturated rings. The third kappa shape index (κ3) is 2.82. The molecular formula is C64H26. The van der Waals surface area contributed by atoms with Crippen LogP contribution in [0.2, 0.25) is 0 Å². The summed E-state index contributed by atoms with van der Waals surface area (Å²) in [6.45, 7) is 0. The summed E-state index contributed by atoms with van der Waals surface area (Å²) in [6, 6.07) is 62.8. The Morgan fingerprint density at radius 3 is 0.562 bits per heavy atom. The molecule has 0 N–H and O–H groups in total. The van der Waals surface area contributed by atoms with E-state index < -0.39 is 0 Å². The summed E-state index contributed by atoms with van der Waals surface area (Å²) in [4.78, 5) is 0. The van der Waals surface area contributed by atoms with Gasteiger partial charge >= 0.3 is 0 Å². The smallest absolute Gasteiger partial charge is 0.0000706 e. The maximum Gasteiger partial charge on any atom is -0.0000706 e. The molecule has 0 amide bonds. The summed E-state index contributed by atoms with van der Waals surface area (Å²) >= 11 is 0. The summed E-state index contributed by atoms with van der Waals surface area (Å²) < 4.78 is 0. The Balaban J connectivity index is 1.08. The topological polar surface area (TPSA) is 0 Å². The van der Waals surface area contributed by atoms with Gasteiger partial charge in [-0.2, -0.15) is 0 Å². The first-order valence-corrected chi connectivity index (χ1v) is 22.8. The highest BCUT2D eigenvalue weighted by molar-refractivity contribution is 6.56. The molecule has 20 aromatic rings. The van der Waals surface area contributed by atoms with Crippen LogP contribution >= 0.6 is 0 Å². The molecule has 0 atom stereocenters. The molecule has 0 heterocycles. The lowest BCUT2D eigenvalue weighted by Crippen LogP contribution is -1.99. The van der Waals surface area contributed by atoms with Gasteiger partial charge in [0.2, 0.25) is 0 Å². The van der Waals surface area contributed by atoms with Crippen molar-refractivity contribution in [2.24, 2.45) is 0 Å². The summed E-state index contributed by atoms with van der Waals surface area (Å²) in [6.07, 6.45) is 0. The number of rotatable bonds is 1. The first-order valence-electron chi connectivity index (χ1n) is 22.8. The summed E-state index contributed by atoms with van der Waals surface area (Å²) in [5.41, 5.74) is 2.66. The van der Waals surface area contributed by atoms with Crippen molar-refractivity contribution in [3.8, 4) is 11.1 Å². The van der Waals surface area contributed by atoms with E-state index in [1.165, 1.54) is 205 Å². The van der Waals surface area contributed by atoms with Gasteiger partial charge in [0.15, 0.2) is 0 Å². The van der Waals surface area contributed by atoms with Gasteiger partial charge in [0, 0.05) is 0 Å². The lowest BCUT2D eigenvalue weighted by Gasteiger charge is -2.27. The molecular weight excluding hydrogens is 769 g/mol. The van der Waals surface area contributed by atoms with E-state index >= 15 is 0 Å². The third-order valence-corrected chi connectivity index (χ3v) is 17.2. The lowest BCUT2D eigenvalue weighted by atomic mass is 9.75. The summed E-state index contributed by atoms with van der Waals surface area (Å²) in [5.74, 6) is 0. The zero-order valence-corrected chi connectivity index (χ0v) is 34.0. The molecule has 64 heavy (non-hydrogen) atoms. The fourth-order valence-corrected chi connectivity index (χ4v) is 15.0. The molecule has 0 bridgehead atoms. The molecule has 0 aliphatic carbocycles. The molecule has 0 aromatic heterocycles. The minimum atomic E-state index is 1.32. The van der Waals surface area contributed by atoms with Gasteiger partial charge in [-0.05, 0) is 241 Å². The Labute approximate surface area is 361 Å². The molecule has 0 nitrogen and oxygen atoms in total. The highest BCUT2D eigenvalue weighted by atomic mass is 14.3. The maximum absolute atomic E-state index is 2.58. The van der Waals surface area contributed by atoms with Crippen LogP contribution in [-0.4, -0.2) is 0 Å². The number of hydrogen-bond donors (Lipinski definition) is 0. The van der Waals surface area contributed by atoms with Crippen LogP contribution in [0.1, 0.15) is 0 Å². The Kier molecular flexibility index (Phi) is 4.24. The van der Waals surface area contributed by atoms with Crippen LogP contribution in [0.5, 0.6) is 0 Å². The van der Waals surface area contributed by atoms with Gasteiger partial charge in [-0.1, -0.05) is 121 Å². The summed E-state index contributed by atoms with van der Waals surface area (Å²) in [5, 5.41) is 49.9. The highest BCUT2D eigenvalue weighted by Crippen LogP contribution is 2.59. The molecule has 0 saturated carbocycles. The van der Waals surface area contributed by atoms with Crippen LogP contribution in [0.25, 0.3) is 205 Å². The predicted octanol–water partition coefficient (Wildman–Crippen LogP) is 18.5. The second kappa shape index (κ2) is 9.09. The zero-order chi connectivity index (χ0) is 40.3. The van der Waals surface area contributed by atoms with Crippen LogP contribution in [0.4, 0.5) is 0 Å². The van der Waals surface area contributed by atoms with E-state index in [1.54, 1.807) is 0 Å². The third-order valence-electron chi connectivity index (χ3n) is 17.2. The monoisotopic (exact) mass is 794 g/mol. The van der Waals surface area contributed by atoms with Crippen LogP contribution < -0.4 is 0 Å². The summed E-state index contributed by atoms with van der Waals surface area (Å²) in [7, 11) is 0. The van der Waals surface area contributed by atoms with Crippen molar-refractivity contribution < 1.29 is 0 Å². The quantitative estimate of drug-likeness (QED) is 0.115. The molecule has 0 aliphatic heterocycles. The normalized spacial score (nSPS) is 13.9. The van der Waals surface area contributed by atoms with Crippen LogP contribution in [0, 0.1) is 0 Å². The van der Waals surface area contributed by atoms with Crippen molar-refractivity contribution in [1.82, 2.24) is 0 Å². The van der Waals surface area contributed by atoms with Crippen LogP contribution in [0.15, 0.2) is 158 Å². The maximum atomic E-state index is 2.58. The Hall–Kier alpha value is -8.32. The second-order valence-electron chi connectivity index (χ2n) is 19.7. The SMILES string of the molecule is c1cc2ccc3cc4c(-c5cc6ccc7ccc8cc9ccc%10ccc%11ccc%12cc5c5c6c7c8c6c9c%10c%11c%12c56)cc5ccc6ccc7cc8ccc1c1c2c3c2c4c5c6c7c2c81. The van der Waals surface area contributed by atoms with E-state index in [9.17, 15) is 0 Å². The standard InChI is InChI=1S/C64H26/c1-3-29-11-19-39-25-43-41(23-37-17-9-31-7-15-35-21-33-13-5-27(1)45-47(29)57(39)63-59(43)51(37)49(31)55(35)61(63)53(33)45)42-24-38-18-10-32-8-16-36-22-34-14-6-28-2-4-30-12-20-40-26-44(42)60-52(38)50(32)56(36)62-54(34)46(28)48(30)58(40)64(60)62/h1-26H. The van der Waals surface area contributed by atoms with E-state index in [0.717, 1.165) is 0 Å². The number of hydrogen-bond acceptors (Lipinski definition) is 0. The van der Waals surface area contributed by atoms with Gasteiger partial charge in [-0.3, -0.25) is 0 Å². The molecule has 282 valence electrons. The Morgan fingerprint density at radius 2 is 0.297 bits per heavy atom. The van der Waals surface area contributed by atoms with Crippen molar-refractivity contribution >= 4 is 194 Å². The van der Waals surface area contributed by atoms with Gasteiger partial charge in [-0.25, -0.2) is 0 Å². The van der Waals surface area contributed by atoms with Gasteiger partial charge < -0.3 is 0 Å². The van der Waals surface area contributed by atoms with Crippen molar-refractivity contribution in [2.45, 2.75) is 0 Å². The lowest BCUT2D eigenvalue weighted by molar-refractivity contribution is 1.77. The van der Waals surface area contributed by atoms with Gasteiger partial charge in [0.25, 0.3) is 0 Å². The molecule has 20 rings (SSSR count). The van der Waals surface area contributed by atoms with Crippen molar-refractivity contribution in [3.05, 3.63) is 158 Å². The fraction of sp³-hybridized carbons (Fsp3) is 0. The number of benzene rings is 20. The van der Waals surface area contributed by atoms with Gasteiger partial charge in [0.1, 0.15) is 0 Å². The van der Waals surface area contributed by atoms with Gasteiger partial charge in [-0.15, -0.1) is 0 Å². The predicted molar refractivity (Wildman–Crippen MR) is 279 cm³/mol. The van der Waals surface area contributed by atoms with E-state index in [4.69, 9.17) is 0 Å². The molecule has 0 saturated heterocycles. The Morgan fingerprint density at radius 1 is 0.125 bits per heavy atom. The van der Waals surface area contributed by atoms with E-state index in [-0.39, 0.29) is 0 Å². The molecule has 0 spiro atoms. The minimum absolute atomic E-state index is 1.32. The van der Waals surface area contributed by atoms with Crippen LogP contribution in [0.3, 0.4) is 0 Å². The minimum Gasteiger partial charge on any atom is -0.0537 e. The second-order valence-corrected chi connectivity index (χ2v) is 19.7. The average Bonchev–Trinajstić information content (AvgIpc) is 3.34. The molecule has 0 aliphatic rings. The van der Waals surface area contributed by atoms with E-state index in [0.29, 0.717) is 0 Å². The fourth-order valence-electron chi connectivity index (χ4n) is 15.0. The Bertz CT molecular complexity index is 5060. The van der Waals surface area contributed by atoms with Crippen molar-refractivity contribution in [1.29, 1.82) is 0 Å². The molecule has 20 aromatic carbocycles. The highest BCUT2D eigenvalue weighted by Gasteiger charge is 2.30. The first-order chi connectivity index (χ1) is 31.7. The van der Waals surface area contributed by atoms with Crippen molar-refractivity contribution in [2.75, 3.05) is 0 Å². The van der Waals surface area contributed by atoms with E-state index in [2.05, 4.69) is 158 Å². The molecule has 0 heteroatoms. The largest absolute Gasteiger partial charge is 0.0537 e. The average molecular weight is 795 g/mol. The van der Waals surface area contributed by atoms with E-state index in [1.807, 2.05) is 0 Å². The van der Waals surface area contributed by atoms with Gasteiger partial charge in [0.05, 0.1) is 0 Å². The molecule has 0 radical (unpaired) electrons. The molecule has 0 unspecified atom stereocenters.